The second-order valence-corrected chi connectivity index (χ2v) is 2.41. The maximum atomic E-state index is 8.56. The van der Waals surface area contributed by atoms with Crippen LogP contribution in [0, 0.1) is 0 Å². The van der Waals surface area contributed by atoms with Crippen LogP contribution >= 0.6 is 0 Å². The molecule has 0 aliphatic heterocycles. The Hall–Kier alpha value is -1.82. The fourth-order valence-corrected chi connectivity index (χ4v) is 0.902. The summed E-state index contributed by atoms with van der Waals surface area (Å²) in [6.45, 7) is 0.0297. The lowest BCUT2D eigenvalue weighted by Crippen LogP contribution is -2.17. The monoisotopic (exact) mass is 197 g/mol. The van der Waals surface area contributed by atoms with E-state index < -0.39 is 0 Å². The van der Waals surface area contributed by atoms with Crippen LogP contribution < -0.4 is 10.5 Å². The molecule has 0 saturated carbocycles. The highest BCUT2D eigenvalue weighted by atomic mass is 16.5. The van der Waals surface area contributed by atoms with Crippen molar-refractivity contribution in [3.8, 4) is 5.75 Å². The zero-order valence-corrected chi connectivity index (χ0v) is 7.42. The lowest BCUT2D eigenvalue weighted by Gasteiger charge is -2.07. The van der Waals surface area contributed by atoms with Crippen LogP contribution in [-0.2, 0) is 0 Å². The van der Waals surface area contributed by atoms with Crippen LogP contribution in [0.15, 0.2) is 23.5 Å². The molecule has 0 aromatic carbocycles. The maximum absolute atomic E-state index is 8.56. The zero-order valence-electron chi connectivity index (χ0n) is 7.42. The third-order valence-electron chi connectivity index (χ3n) is 1.47. The largest absolute Gasteiger partial charge is 0.489 e. The van der Waals surface area contributed by atoms with Crippen molar-refractivity contribution >= 4 is 5.84 Å². The van der Waals surface area contributed by atoms with Crippen LogP contribution in [0.5, 0.6) is 5.75 Å². The third-order valence-corrected chi connectivity index (χ3v) is 1.47. The van der Waals surface area contributed by atoms with Crippen molar-refractivity contribution < 1.29 is 15.1 Å². The van der Waals surface area contributed by atoms with Crippen LogP contribution in [0.4, 0.5) is 0 Å². The number of rotatable bonds is 4. The first kappa shape index (κ1) is 10.3. The Morgan fingerprint density at radius 1 is 1.64 bits per heavy atom. The standard InChI is InChI=1S/C8H11N3O3/c9-8(11-13)7-6(14-5-4-12)2-1-3-10-7/h1-3,12-13H,4-5H2,(H2,9,11). The lowest BCUT2D eigenvalue weighted by atomic mass is 10.3. The van der Waals surface area contributed by atoms with Gasteiger partial charge in [-0.15, -0.1) is 0 Å². The van der Waals surface area contributed by atoms with Crippen molar-refractivity contribution in [3.05, 3.63) is 24.0 Å². The van der Waals surface area contributed by atoms with E-state index >= 15 is 0 Å². The van der Waals surface area contributed by atoms with E-state index in [0.717, 1.165) is 0 Å². The minimum absolute atomic E-state index is 0.107. The summed E-state index contributed by atoms with van der Waals surface area (Å²) in [5.74, 6) is 0.246. The highest BCUT2D eigenvalue weighted by molar-refractivity contribution is 5.97. The molecule has 6 heteroatoms. The SMILES string of the molecule is N/C(=N/O)c1ncccc1OCCO. The van der Waals surface area contributed by atoms with E-state index in [2.05, 4.69) is 10.1 Å². The van der Waals surface area contributed by atoms with Gasteiger partial charge in [0.15, 0.2) is 11.5 Å². The minimum Gasteiger partial charge on any atom is -0.489 e. The molecule has 1 rings (SSSR count). The van der Waals surface area contributed by atoms with Crippen molar-refractivity contribution in [2.75, 3.05) is 13.2 Å². The number of nitrogens with two attached hydrogens (primary N) is 1. The molecular weight excluding hydrogens is 186 g/mol. The molecule has 1 aromatic heterocycles. The maximum Gasteiger partial charge on any atom is 0.192 e. The third kappa shape index (κ3) is 2.33. The molecule has 0 aliphatic carbocycles. The summed E-state index contributed by atoms with van der Waals surface area (Å²) < 4.78 is 5.12. The Labute approximate surface area is 80.6 Å². The Morgan fingerprint density at radius 3 is 3.07 bits per heavy atom. The summed E-state index contributed by atoms with van der Waals surface area (Å²) in [4.78, 5) is 3.88. The van der Waals surface area contributed by atoms with Gasteiger partial charge in [0, 0.05) is 6.20 Å². The smallest absolute Gasteiger partial charge is 0.192 e. The van der Waals surface area contributed by atoms with Gasteiger partial charge in [0.25, 0.3) is 0 Å². The molecule has 0 fully saturated rings. The minimum atomic E-state index is -0.126. The molecule has 0 atom stereocenters. The van der Waals surface area contributed by atoms with Crippen LogP contribution in [0.3, 0.4) is 0 Å². The number of nitrogens with zero attached hydrogens (tertiary/aromatic N) is 2. The van der Waals surface area contributed by atoms with Crippen molar-refractivity contribution in [3.63, 3.8) is 0 Å². The van der Waals surface area contributed by atoms with Crippen LogP contribution in [-0.4, -0.2) is 34.3 Å². The average Bonchev–Trinajstić information content (AvgIpc) is 2.25. The van der Waals surface area contributed by atoms with E-state index in [4.69, 9.17) is 20.8 Å². The number of oxime groups is 1. The fraction of sp³-hybridized carbons (Fsp3) is 0.250. The van der Waals surface area contributed by atoms with Gasteiger partial charge in [-0.1, -0.05) is 5.16 Å². The van der Waals surface area contributed by atoms with Gasteiger partial charge in [-0.05, 0) is 12.1 Å². The molecule has 14 heavy (non-hydrogen) atoms. The number of hydrogen-bond acceptors (Lipinski definition) is 5. The van der Waals surface area contributed by atoms with Crippen molar-refractivity contribution in [1.82, 2.24) is 4.98 Å². The molecule has 0 unspecified atom stereocenters. The van der Waals surface area contributed by atoms with E-state index in [-0.39, 0.29) is 24.7 Å². The zero-order chi connectivity index (χ0) is 10.4. The number of ether oxygens (including phenoxy) is 1. The topological polar surface area (TPSA) is 101 Å². The molecular formula is C8H11N3O3. The van der Waals surface area contributed by atoms with Gasteiger partial charge in [-0.2, -0.15) is 0 Å². The Balaban J connectivity index is 2.91. The lowest BCUT2D eigenvalue weighted by molar-refractivity contribution is 0.200. The number of amidine groups is 1. The van der Waals surface area contributed by atoms with Gasteiger partial charge in [-0.3, -0.25) is 0 Å². The molecule has 0 radical (unpaired) electrons. The van der Waals surface area contributed by atoms with Gasteiger partial charge >= 0.3 is 0 Å². The van der Waals surface area contributed by atoms with Gasteiger partial charge in [0.05, 0.1) is 6.61 Å². The Kier molecular flexibility index (Phi) is 3.69. The highest BCUT2D eigenvalue weighted by Crippen LogP contribution is 2.14. The van der Waals surface area contributed by atoms with Crippen LogP contribution in [0.1, 0.15) is 5.69 Å². The summed E-state index contributed by atoms with van der Waals surface area (Å²) in [5.41, 5.74) is 5.62. The van der Waals surface area contributed by atoms with Crippen molar-refractivity contribution in [2.45, 2.75) is 0 Å². The number of pyridine rings is 1. The number of aliphatic hydroxyl groups is 1. The van der Waals surface area contributed by atoms with E-state index in [1.165, 1.54) is 6.20 Å². The predicted octanol–water partition coefficient (Wildman–Crippen LogP) is -0.453. The first-order valence-electron chi connectivity index (χ1n) is 3.96. The van der Waals surface area contributed by atoms with E-state index in [9.17, 15) is 0 Å². The van der Waals surface area contributed by atoms with Crippen LogP contribution in [0.25, 0.3) is 0 Å². The summed E-state index contributed by atoms with van der Waals surface area (Å²) >= 11 is 0. The fourth-order valence-electron chi connectivity index (χ4n) is 0.902. The van der Waals surface area contributed by atoms with E-state index in [1.54, 1.807) is 12.1 Å². The number of aromatic nitrogens is 1. The molecule has 4 N–H and O–H groups in total. The second kappa shape index (κ2) is 5.03. The molecule has 1 heterocycles. The van der Waals surface area contributed by atoms with Gasteiger partial charge < -0.3 is 20.8 Å². The summed E-state index contributed by atoms with van der Waals surface area (Å²) in [5, 5.41) is 19.8. The van der Waals surface area contributed by atoms with Crippen molar-refractivity contribution in [2.24, 2.45) is 10.9 Å². The first-order valence-corrected chi connectivity index (χ1v) is 3.96. The number of hydrogen-bond donors (Lipinski definition) is 3. The normalized spacial score (nSPS) is 11.4. The van der Waals surface area contributed by atoms with Gasteiger partial charge in [0.1, 0.15) is 12.4 Å². The molecule has 0 saturated heterocycles. The van der Waals surface area contributed by atoms with Gasteiger partial charge in [0.2, 0.25) is 0 Å². The Morgan fingerprint density at radius 2 is 2.43 bits per heavy atom. The van der Waals surface area contributed by atoms with E-state index in [0.29, 0.717) is 5.75 Å². The first-order chi connectivity index (χ1) is 6.79. The molecule has 0 aliphatic rings. The second-order valence-electron chi connectivity index (χ2n) is 2.41. The number of aliphatic hydroxyl groups excluding tert-OH is 1. The molecule has 6 nitrogen and oxygen atoms in total. The highest BCUT2D eigenvalue weighted by Gasteiger charge is 2.08. The van der Waals surface area contributed by atoms with Crippen LogP contribution in [0.2, 0.25) is 0 Å². The molecule has 0 spiro atoms. The summed E-state index contributed by atoms with van der Waals surface area (Å²) in [6, 6.07) is 3.27. The molecule has 0 bridgehead atoms. The predicted molar refractivity (Wildman–Crippen MR) is 49.3 cm³/mol. The molecule has 76 valence electrons. The van der Waals surface area contributed by atoms with Gasteiger partial charge in [-0.25, -0.2) is 4.98 Å². The van der Waals surface area contributed by atoms with Crippen molar-refractivity contribution in [1.29, 1.82) is 0 Å². The summed E-state index contributed by atoms with van der Waals surface area (Å²) in [6.07, 6.45) is 1.50. The average molecular weight is 197 g/mol. The van der Waals surface area contributed by atoms with E-state index in [1.807, 2.05) is 0 Å². The summed E-state index contributed by atoms with van der Waals surface area (Å²) in [7, 11) is 0. The Bertz CT molecular complexity index is 327. The molecule has 0 amide bonds. The molecule has 1 aromatic rings. The quantitative estimate of drug-likeness (QED) is 0.262.